The number of benzene rings is 3. The van der Waals surface area contributed by atoms with E-state index in [1.807, 2.05) is 72.5 Å². The number of aryl methyl sites for hydroxylation is 1. The second kappa shape index (κ2) is 12.2. The van der Waals surface area contributed by atoms with Crippen molar-refractivity contribution in [3.8, 4) is 5.75 Å². The minimum atomic E-state index is -0.183. The molecule has 38 heavy (non-hydrogen) atoms. The van der Waals surface area contributed by atoms with Crippen molar-refractivity contribution in [1.29, 1.82) is 0 Å². The number of piperazine rings is 1. The zero-order valence-electron chi connectivity index (χ0n) is 22.2. The summed E-state index contributed by atoms with van der Waals surface area (Å²) in [5.74, 6) is 1.28. The van der Waals surface area contributed by atoms with Crippen molar-refractivity contribution >= 4 is 23.2 Å². The molecule has 0 bridgehead atoms. The summed E-state index contributed by atoms with van der Waals surface area (Å²) in [6.45, 7) is 4.91. The van der Waals surface area contributed by atoms with Crippen molar-refractivity contribution in [1.82, 2.24) is 4.90 Å². The molecule has 1 N–H and O–H groups in total. The fourth-order valence-electron chi connectivity index (χ4n) is 5.42. The molecule has 3 aromatic carbocycles. The van der Waals surface area contributed by atoms with Gasteiger partial charge < -0.3 is 19.9 Å². The molecular weight excluding hydrogens is 474 g/mol. The molecule has 1 aliphatic heterocycles. The summed E-state index contributed by atoms with van der Waals surface area (Å²) >= 11 is 0. The Hall–Kier alpha value is -3.80. The third-order valence-corrected chi connectivity index (χ3v) is 7.71. The smallest absolute Gasteiger partial charge is 0.262 e. The van der Waals surface area contributed by atoms with Gasteiger partial charge in [-0.2, -0.15) is 0 Å². The van der Waals surface area contributed by atoms with E-state index in [9.17, 15) is 9.59 Å². The van der Waals surface area contributed by atoms with E-state index in [4.69, 9.17) is 4.74 Å². The highest BCUT2D eigenvalue weighted by Crippen LogP contribution is 2.33. The van der Waals surface area contributed by atoms with E-state index in [1.54, 1.807) is 0 Å². The van der Waals surface area contributed by atoms with Crippen molar-refractivity contribution in [3.63, 3.8) is 0 Å². The van der Waals surface area contributed by atoms with Gasteiger partial charge in [-0.25, -0.2) is 0 Å². The average Bonchev–Trinajstić information content (AvgIpc) is 2.97. The molecule has 198 valence electrons. The number of hydrogen-bond acceptors (Lipinski definition) is 4. The van der Waals surface area contributed by atoms with Crippen LogP contribution in [0.2, 0.25) is 0 Å². The van der Waals surface area contributed by atoms with Gasteiger partial charge in [0.15, 0.2) is 6.61 Å². The number of carbonyl (C=O) groups is 2. The Kier molecular flexibility index (Phi) is 8.27. The van der Waals surface area contributed by atoms with Gasteiger partial charge in [0.1, 0.15) is 5.75 Å². The van der Waals surface area contributed by atoms with Crippen molar-refractivity contribution in [2.45, 2.75) is 44.9 Å². The maximum absolute atomic E-state index is 12.8. The van der Waals surface area contributed by atoms with Crippen LogP contribution in [0.15, 0.2) is 72.8 Å². The van der Waals surface area contributed by atoms with Crippen LogP contribution in [-0.4, -0.2) is 49.5 Å². The van der Waals surface area contributed by atoms with Crippen molar-refractivity contribution < 1.29 is 14.3 Å². The van der Waals surface area contributed by atoms with E-state index in [0.29, 0.717) is 19.0 Å². The molecule has 1 heterocycles. The van der Waals surface area contributed by atoms with Gasteiger partial charge in [0.25, 0.3) is 11.8 Å². The van der Waals surface area contributed by atoms with Crippen LogP contribution in [0.25, 0.3) is 0 Å². The van der Waals surface area contributed by atoms with Gasteiger partial charge in [-0.15, -0.1) is 0 Å². The molecule has 0 radical (unpaired) electrons. The Bertz CT molecular complexity index is 1210. The topological polar surface area (TPSA) is 61.9 Å². The average molecular weight is 512 g/mol. The molecule has 2 amide bonds. The molecule has 0 spiro atoms. The lowest BCUT2D eigenvalue weighted by Gasteiger charge is -2.36. The molecule has 6 nitrogen and oxygen atoms in total. The molecule has 6 heteroatoms. The monoisotopic (exact) mass is 511 g/mol. The lowest BCUT2D eigenvalue weighted by Crippen LogP contribution is -2.48. The fraction of sp³-hybridized carbons (Fsp3) is 0.375. The molecule has 2 aliphatic rings. The number of hydrogen-bond donors (Lipinski definition) is 1. The molecule has 5 rings (SSSR count). The van der Waals surface area contributed by atoms with Crippen LogP contribution in [0.4, 0.5) is 11.4 Å². The summed E-state index contributed by atoms with van der Waals surface area (Å²) in [6, 6.07) is 23.8. The van der Waals surface area contributed by atoms with Crippen LogP contribution in [0.3, 0.4) is 0 Å². The predicted octanol–water partition coefficient (Wildman–Crippen LogP) is 6.02. The van der Waals surface area contributed by atoms with Crippen LogP contribution in [0.5, 0.6) is 5.75 Å². The first-order chi connectivity index (χ1) is 18.5. The summed E-state index contributed by atoms with van der Waals surface area (Å²) < 4.78 is 5.72. The van der Waals surface area contributed by atoms with E-state index >= 15 is 0 Å². The predicted molar refractivity (Wildman–Crippen MR) is 152 cm³/mol. The lowest BCUT2D eigenvalue weighted by atomic mass is 9.84. The van der Waals surface area contributed by atoms with Gasteiger partial charge in [0.05, 0.1) is 0 Å². The molecule has 0 unspecified atom stereocenters. The number of amides is 2. The van der Waals surface area contributed by atoms with E-state index in [2.05, 4.69) is 22.3 Å². The van der Waals surface area contributed by atoms with Crippen molar-refractivity contribution in [2.75, 3.05) is 43.0 Å². The number of carbonyl (C=O) groups excluding carboxylic acids is 2. The Morgan fingerprint density at radius 1 is 0.816 bits per heavy atom. The Balaban J connectivity index is 1.06. The van der Waals surface area contributed by atoms with E-state index in [1.165, 1.54) is 37.7 Å². The van der Waals surface area contributed by atoms with Gasteiger partial charge in [-0.05, 0) is 79.8 Å². The Labute approximate surface area is 225 Å². The summed E-state index contributed by atoms with van der Waals surface area (Å²) in [6.07, 6.45) is 6.52. The molecule has 1 aliphatic carbocycles. The zero-order valence-corrected chi connectivity index (χ0v) is 22.2. The SMILES string of the molecule is Cc1ccc(C(=O)N2CCN(c3ccc(NC(=O)COc4ccc(C5CCCCC5)cc4)cc3)CC2)cc1. The summed E-state index contributed by atoms with van der Waals surface area (Å²) in [4.78, 5) is 29.4. The molecule has 1 saturated heterocycles. The number of nitrogens with one attached hydrogen (secondary N) is 1. The molecule has 3 aromatic rings. The standard InChI is InChI=1S/C32H37N3O3/c1-24-7-9-27(10-8-24)32(37)35-21-19-34(20-22-35)29-15-13-28(14-16-29)33-31(36)23-38-30-17-11-26(12-18-30)25-5-3-2-4-6-25/h7-18,25H,2-6,19-23H2,1H3,(H,33,36). The van der Waals surface area contributed by atoms with E-state index in [0.717, 1.165) is 41.3 Å². The summed E-state index contributed by atoms with van der Waals surface area (Å²) in [5, 5.41) is 2.91. The lowest BCUT2D eigenvalue weighted by molar-refractivity contribution is -0.118. The quantitative estimate of drug-likeness (QED) is 0.421. The molecule has 2 fully saturated rings. The first-order valence-corrected chi connectivity index (χ1v) is 13.8. The van der Waals surface area contributed by atoms with E-state index < -0.39 is 0 Å². The van der Waals surface area contributed by atoms with Gasteiger partial charge in [-0.3, -0.25) is 9.59 Å². The van der Waals surface area contributed by atoms with Crippen LogP contribution in [0, 0.1) is 6.92 Å². The van der Waals surface area contributed by atoms with E-state index in [-0.39, 0.29) is 18.4 Å². The van der Waals surface area contributed by atoms with Gasteiger partial charge in [0, 0.05) is 43.1 Å². The highest BCUT2D eigenvalue weighted by molar-refractivity contribution is 5.94. The van der Waals surface area contributed by atoms with Crippen LogP contribution < -0.4 is 15.0 Å². The Morgan fingerprint density at radius 2 is 1.47 bits per heavy atom. The Morgan fingerprint density at radius 3 is 2.13 bits per heavy atom. The first-order valence-electron chi connectivity index (χ1n) is 13.8. The first kappa shape index (κ1) is 25.8. The number of ether oxygens (including phenoxy) is 1. The second-order valence-corrected chi connectivity index (χ2v) is 10.4. The maximum Gasteiger partial charge on any atom is 0.262 e. The largest absolute Gasteiger partial charge is 0.484 e. The van der Waals surface area contributed by atoms with Crippen LogP contribution in [-0.2, 0) is 4.79 Å². The van der Waals surface area contributed by atoms with Crippen molar-refractivity contribution in [2.24, 2.45) is 0 Å². The van der Waals surface area contributed by atoms with Gasteiger partial charge in [0.2, 0.25) is 0 Å². The zero-order chi connectivity index (χ0) is 26.3. The molecule has 0 aromatic heterocycles. The van der Waals surface area contributed by atoms with Crippen LogP contribution >= 0.6 is 0 Å². The highest BCUT2D eigenvalue weighted by Gasteiger charge is 2.22. The third kappa shape index (κ3) is 6.55. The fourth-order valence-corrected chi connectivity index (χ4v) is 5.42. The van der Waals surface area contributed by atoms with Crippen molar-refractivity contribution in [3.05, 3.63) is 89.5 Å². The minimum Gasteiger partial charge on any atom is -0.484 e. The highest BCUT2D eigenvalue weighted by atomic mass is 16.5. The second-order valence-electron chi connectivity index (χ2n) is 10.4. The summed E-state index contributed by atoms with van der Waals surface area (Å²) in [5.41, 5.74) is 5.09. The minimum absolute atomic E-state index is 0.0263. The number of rotatable bonds is 7. The van der Waals surface area contributed by atoms with Crippen LogP contribution in [0.1, 0.15) is 59.5 Å². The maximum atomic E-state index is 12.8. The third-order valence-electron chi connectivity index (χ3n) is 7.71. The normalized spacial score (nSPS) is 16.2. The van der Waals surface area contributed by atoms with Gasteiger partial charge in [-0.1, -0.05) is 49.1 Å². The molecule has 1 saturated carbocycles. The molecular formula is C32H37N3O3. The molecule has 0 atom stereocenters. The van der Waals surface area contributed by atoms with Gasteiger partial charge >= 0.3 is 0 Å². The number of anilines is 2. The summed E-state index contributed by atoms with van der Waals surface area (Å²) in [7, 11) is 0. The number of nitrogens with zero attached hydrogens (tertiary/aromatic N) is 2.